The number of ether oxygens (including phenoxy) is 2. The van der Waals surface area contributed by atoms with E-state index >= 15 is 0 Å². The molecule has 0 fully saturated rings. The second kappa shape index (κ2) is 8.55. The van der Waals surface area contributed by atoms with Gasteiger partial charge in [0.15, 0.2) is 17.2 Å². The van der Waals surface area contributed by atoms with Crippen molar-refractivity contribution in [2.75, 3.05) is 12.4 Å². The number of nitrogens with one attached hydrogen (secondary N) is 2. The summed E-state index contributed by atoms with van der Waals surface area (Å²) >= 11 is 7.67. The van der Waals surface area contributed by atoms with E-state index in [-0.39, 0.29) is 5.75 Å². The van der Waals surface area contributed by atoms with E-state index in [0.717, 1.165) is 16.1 Å². The van der Waals surface area contributed by atoms with Crippen LogP contribution in [-0.2, 0) is 6.54 Å². The van der Waals surface area contributed by atoms with Gasteiger partial charge in [0.1, 0.15) is 5.75 Å². The first-order valence-corrected chi connectivity index (χ1v) is 9.99. The minimum absolute atomic E-state index is 0.0879. The highest BCUT2D eigenvalue weighted by Crippen LogP contribution is 2.40. The molecule has 0 atom stereocenters. The molecule has 1 aliphatic heterocycles. The van der Waals surface area contributed by atoms with Gasteiger partial charge in [-0.3, -0.25) is 4.72 Å². The summed E-state index contributed by atoms with van der Waals surface area (Å²) < 4.78 is 14.3. The molecule has 0 unspecified atom stereocenters. The molecule has 0 amide bonds. The van der Waals surface area contributed by atoms with Crippen molar-refractivity contribution in [1.82, 2.24) is 4.72 Å². The fraction of sp³-hybridized carbons (Fsp3) is 0.0952. The number of aromatic hydroxyl groups is 1. The van der Waals surface area contributed by atoms with Crippen LogP contribution in [0.2, 0.25) is 5.02 Å². The van der Waals surface area contributed by atoms with Crippen molar-refractivity contribution in [3.8, 4) is 23.0 Å². The molecular formula is C21H18ClN3O3S. The molecule has 8 heteroatoms. The van der Waals surface area contributed by atoms with Crippen molar-refractivity contribution in [2.24, 2.45) is 4.99 Å². The lowest BCUT2D eigenvalue weighted by Crippen LogP contribution is -2.29. The maximum atomic E-state index is 9.92. The summed E-state index contributed by atoms with van der Waals surface area (Å²) in [6, 6.07) is 18.3. The Morgan fingerprint density at radius 2 is 1.86 bits per heavy atom. The zero-order valence-electron chi connectivity index (χ0n) is 15.5. The van der Waals surface area contributed by atoms with E-state index in [9.17, 15) is 5.11 Å². The van der Waals surface area contributed by atoms with Gasteiger partial charge in [-0.2, -0.15) is 0 Å². The van der Waals surface area contributed by atoms with E-state index in [1.165, 1.54) is 19.1 Å². The van der Waals surface area contributed by atoms with Gasteiger partial charge in [-0.25, -0.2) is 4.99 Å². The maximum Gasteiger partial charge on any atom is 0.206 e. The molecule has 0 aliphatic carbocycles. The summed E-state index contributed by atoms with van der Waals surface area (Å²) in [5.41, 5.74) is 1.67. The van der Waals surface area contributed by atoms with E-state index < -0.39 is 0 Å². The quantitative estimate of drug-likeness (QED) is 0.472. The first-order valence-electron chi connectivity index (χ1n) is 8.79. The molecule has 6 nitrogen and oxygen atoms in total. The predicted molar refractivity (Wildman–Crippen MR) is 116 cm³/mol. The third-order valence-corrected chi connectivity index (χ3v) is 5.38. The van der Waals surface area contributed by atoms with Crippen molar-refractivity contribution in [1.29, 1.82) is 0 Å². The lowest BCUT2D eigenvalue weighted by Gasteiger charge is -2.23. The molecule has 3 aromatic rings. The molecule has 1 aliphatic rings. The number of phenolic OH excluding ortho intramolecular Hbond substituents is 1. The standard InChI is InChI=1S/C21H18ClN3O3S/c1-27-17-10-9-13(11-15(17)26)12-23-21-24-20-18(7-4-8-19(20)29-25-21)28-16-6-3-2-5-14(16)22/h2-11,26H,12H2,1H3,(H2,23,24,25). The maximum absolute atomic E-state index is 9.92. The molecule has 29 heavy (non-hydrogen) atoms. The van der Waals surface area contributed by atoms with E-state index in [4.69, 9.17) is 21.1 Å². The molecule has 0 bridgehead atoms. The molecule has 1 heterocycles. The van der Waals surface area contributed by atoms with Crippen molar-refractivity contribution < 1.29 is 14.6 Å². The summed E-state index contributed by atoms with van der Waals surface area (Å²) in [4.78, 5) is 5.54. The molecule has 0 saturated heterocycles. The Morgan fingerprint density at radius 3 is 2.66 bits per heavy atom. The van der Waals surface area contributed by atoms with Crippen LogP contribution in [0.3, 0.4) is 0 Å². The Balaban J connectivity index is 1.54. The Labute approximate surface area is 177 Å². The van der Waals surface area contributed by atoms with Gasteiger partial charge in [0.2, 0.25) is 5.96 Å². The van der Waals surface area contributed by atoms with Crippen molar-refractivity contribution >= 4 is 35.2 Å². The Kier molecular flexibility index (Phi) is 5.69. The first-order chi connectivity index (χ1) is 14.1. The molecule has 0 spiro atoms. The summed E-state index contributed by atoms with van der Waals surface area (Å²) in [6.45, 7) is 0.385. The summed E-state index contributed by atoms with van der Waals surface area (Å²) in [6.07, 6.45) is 0. The van der Waals surface area contributed by atoms with Gasteiger partial charge in [-0.15, -0.1) is 0 Å². The van der Waals surface area contributed by atoms with Crippen LogP contribution in [0.15, 0.2) is 70.6 Å². The fourth-order valence-electron chi connectivity index (χ4n) is 2.77. The normalized spacial score (nSPS) is 13.9. The number of guanidine groups is 1. The number of para-hydroxylation sites is 2. The van der Waals surface area contributed by atoms with Crippen LogP contribution in [0.25, 0.3) is 0 Å². The second-order valence-corrected chi connectivity index (χ2v) is 7.42. The van der Waals surface area contributed by atoms with Gasteiger partial charge in [0, 0.05) is 0 Å². The van der Waals surface area contributed by atoms with Gasteiger partial charge in [0.05, 0.1) is 29.3 Å². The number of methoxy groups -OCH3 is 1. The third-order valence-electron chi connectivity index (χ3n) is 4.21. The van der Waals surface area contributed by atoms with Gasteiger partial charge >= 0.3 is 0 Å². The number of halogens is 1. The summed E-state index contributed by atoms with van der Waals surface area (Å²) in [5, 5.41) is 13.7. The minimum Gasteiger partial charge on any atom is -0.504 e. The monoisotopic (exact) mass is 427 g/mol. The highest BCUT2D eigenvalue weighted by molar-refractivity contribution is 7.98. The number of hydrogen-bond donors (Lipinski definition) is 3. The number of rotatable bonds is 5. The SMILES string of the molecule is COc1ccc(CN=C2NSc3cccc(Oc4ccccc4Cl)c3N2)cc1O. The third kappa shape index (κ3) is 4.36. The van der Waals surface area contributed by atoms with E-state index in [0.29, 0.717) is 34.8 Å². The van der Waals surface area contributed by atoms with Gasteiger partial charge < -0.3 is 19.9 Å². The molecule has 148 valence electrons. The first kappa shape index (κ1) is 19.3. The van der Waals surface area contributed by atoms with Gasteiger partial charge in [0.25, 0.3) is 0 Å². The molecular weight excluding hydrogens is 410 g/mol. The van der Waals surface area contributed by atoms with Crippen LogP contribution in [0, 0.1) is 0 Å². The van der Waals surface area contributed by atoms with Crippen molar-refractivity contribution in [3.05, 3.63) is 71.2 Å². The average Bonchev–Trinajstić information content (AvgIpc) is 2.74. The molecule has 0 aromatic heterocycles. The number of phenols is 1. The Morgan fingerprint density at radius 1 is 1.03 bits per heavy atom. The predicted octanol–water partition coefficient (Wildman–Crippen LogP) is 5.42. The number of hydrogen-bond acceptors (Lipinski definition) is 5. The van der Waals surface area contributed by atoms with Crippen LogP contribution < -0.4 is 19.5 Å². The van der Waals surface area contributed by atoms with Crippen LogP contribution in [0.1, 0.15) is 5.56 Å². The molecule has 3 N–H and O–H groups in total. The lowest BCUT2D eigenvalue weighted by molar-refractivity contribution is 0.373. The van der Waals surface area contributed by atoms with Crippen LogP contribution in [0.5, 0.6) is 23.0 Å². The molecule has 0 saturated carbocycles. The molecule has 0 radical (unpaired) electrons. The number of nitrogens with zero attached hydrogens (tertiary/aromatic N) is 1. The smallest absolute Gasteiger partial charge is 0.206 e. The number of anilines is 1. The zero-order chi connectivity index (χ0) is 20.2. The fourth-order valence-corrected chi connectivity index (χ4v) is 3.67. The van der Waals surface area contributed by atoms with Crippen molar-refractivity contribution in [3.63, 3.8) is 0 Å². The van der Waals surface area contributed by atoms with E-state index in [2.05, 4.69) is 15.0 Å². The van der Waals surface area contributed by atoms with Crippen LogP contribution in [0.4, 0.5) is 5.69 Å². The summed E-state index contributed by atoms with van der Waals surface area (Å²) in [5.74, 6) is 2.35. The number of aliphatic imine (C=N–C) groups is 1. The van der Waals surface area contributed by atoms with E-state index in [1.807, 2.05) is 42.5 Å². The Hall–Kier alpha value is -3.03. The minimum atomic E-state index is 0.0879. The highest BCUT2D eigenvalue weighted by atomic mass is 35.5. The topological polar surface area (TPSA) is 75.1 Å². The lowest BCUT2D eigenvalue weighted by atomic mass is 10.2. The molecule has 4 rings (SSSR count). The van der Waals surface area contributed by atoms with Crippen LogP contribution in [-0.4, -0.2) is 18.2 Å². The largest absolute Gasteiger partial charge is 0.504 e. The zero-order valence-corrected chi connectivity index (χ0v) is 17.1. The highest BCUT2D eigenvalue weighted by Gasteiger charge is 2.19. The average molecular weight is 428 g/mol. The number of fused-ring (bicyclic) bond motifs is 1. The van der Waals surface area contributed by atoms with Crippen molar-refractivity contribution in [2.45, 2.75) is 11.4 Å². The van der Waals surface area contributed by atoms with Gasteiger partial charge in [-0.1, -0.05) is 35.9 Å². The Bertz CT molecular complexity index is 1070. The number of benzene rings is 3. The van der Waals surface area contributed by atoms with Gasteiger partial charge in [-0.05, 0) is 53.9 Å². The molecule has 3 aromatic carbocycles. The summed E-state index contributed by atoms with van der Waals surface area (Å²) in [7, 11) is 1.52. The second-order valence-electron chi connectivity index (χ2n) is 6.16. The van der Waals surface area contributed by atoms with Crippen LogP contribution >= 0.6 is 23.5 Å². The van der Waals surface area contributed by atoms with E-state index in [1.54, 1.807) is 18.2 Å².